The number of carboxylic acid groups (broad SMARTS) is 1. The van der Waals surface area contributed by atoms with Crippen LogP contribution >= 0.6 is 11.6 Å². The fourth-order valence-corrected chi connectivity index (χ4v) is 4.13. The lowest BCUT2D eigenvalue weighted by atomic mass is 9.99. The first kappa shape index (κ1) is 25.6. The summed E-state index contributed by atoms with van der Waals surface area (Å²) in [7, 11) is 1.57. The molecule has 0 unspecified atom stereocenters. The number of halogens is 1. The number of rotatable bonds is 8. The highest BCUT2D eigenvalue weighted by atomic mass is 35.5. The third-order valence-electron chi connectivity index (χ3n) is 5.84. The van der Waals surface area contributed by atoms with E-state index in [1.54, 1.807) is 55.6 Å². The van der Waals surface area contributed by atoms with Gasteiger partial charge in [0, 0.05) is 11.2 Å². The number of urea groups is 1. The van der Waals surface area contributed by atoms with Gasteiger partial charge in [-0.05, 0) is 52.2 Å². The number of hydrogen-bond acceptors (Lipinski definition) is 5. The number of carbonyl (C=O) groups excluding carboxylic acids is 1. The highest BCUT2D eigenvalue weighted by molar-refractivity contribution is 6.31. The van der Waals surface area contributed by atoms with Crippen molar-refractivity contribution >= 4 is 40.1 Å². The summed E-state index contributed by atoms with van der Waals surface area (Å²) in [6, 6.07) is 17.3. The summed E-state index contributed by atoms with van der Waals surface area (Å²) in [6.45, 7) is 0.124. The van der Waals surface area contributed by atoms with Crippen LogP contribution < -0.4 is 20.9 Å². The first-order chi connectivity index (χ1) is 17.7. The second kappa shape index (κ2) is 11.0. The number of ether oxygens (including phenoxy) is 1. The smallest absolute Gasteiger partial charge is 0.319 e. The lowest BCUT2D eigenvalue weighted by molar-refractivity contribution is -0.137. The predicted molar refractivity (Wildman–Crippen MR) is 141 cm³/mol. The molecular weight excluding hydrogens is 498 g/mol. The largest absolute Gasteiger partial charge is 0.505 e. The number of amides is 2. The minimum absolute atomic E-state index is 0.124. The van der Waals surface area contributed by atoms with E-state index in [9.17, 15) is 24.6 Å². The van der Waals surface area contributed by atoms with Gasteiger partial charge < -0.3 is 30.2 Å². The molecule has 0 bridgehead atoms. The third-order valence-corrected chi connectivity index (χ3v) is 6.21. The Morgan fingerprint density at radius 3 is 2.51 bits per heavy atom. The molecule has 1 heterocycles. The van der Waals surface area contributed by atoms with E-state index < -0.39 is 35.8 Å². The van der Waals surface area contributed by atoms with Gasteiger partial charge in [0.2, 0.25) is 0 Å². The Bertz CT molecular complexity index is 1530. The van der Waals surface area contributed by atoms with Crippen molar-refractivity contribution in [3.05, 3.63) is 99.4 Å². The van der Waals surface area contributed by atoms with Crippen LogP contribution in [0, 0.1) is 0 Å². The molecule has 4 rings (SSSR count). The van der Waals surface area contributed by atoms with E-state index in [4.69, 9.17) is 16.3 Å². The number of aromatic hydroxyl groups is 1. The maximum absolute atomic E-state index is 13.0. The number of nitrogens with zero attached hydrogens (tertiary/aromatic N) is 1. The summed E-state index contributed by atoms with van der Waals surface area (Å²) < 4.78 is 6.53. The number of carbonyl (C=O) groups is 2. The van der Waals surface area contributed by atoms with E-state index in [0.29, 0.717) is 21.9 Å². The van der Waals surface area contributed by atoms with Crippen LogP contribution in [0.2, 0.25) is 5.02 Å². The second-order valence-corrected chi connectivity index (χ2v) is 8.73. The summed E-state index contributed by atoms with van der Waals surface area (Å²) in [5.41, 5.74) is 0.252. The van der Waals surface area contributed by atoms with Crippen LogP contribution in [0.3, 0.4) is 0 Å². The number of carboxylic acids is 1. The average Bonchev–Trinajstić information content (AvgIpc) is 2.88. The van der Waals surface area contributed by atoms with Gasteiger partial charge in [-0.25, -0.2) is 4.79 Å². The summed E-state index contributed by atoms with van der Waals surface area (Å²) in [6.07, 6.45) is 0.994. The van der Waals surface area contributed by atoms with Gasteiger partial charge in [-0.2, -0.15) is 0 Å². The molecule has 4 N–H and O–H groups in total. The van der Waals surface area contributed by atoms with E-state index >= 15 is 0 Å². The molecule has 0 saturated heterocycles. The van der Waals surface area contributed by atoms with E-state index in [0.717, 1.165) is 10.8 Å². The quantitative estimate of drug-likeness (QED) is 0.264. The molecule has 0 aliphatic heterocycles. The minimum Gasteiger partial charge on any atom is -0.505 e. The number of fused-ring (bicyclic) bond motifs is 1. The van der Waals surface area contributed by atoms with Gasteiger partial charge in [0.05, 0.1) is 26.1 Å². The molecule has 1 aromatic heterocycles. The summed E-state index contributed by atoms with van der Waals surface area (Å²) in [5, 5.41) is 26.8. The van der Waals surface area contributed by atoms with Crippen LogP contribution in [0.4, 0.5) is 10.5 Å². The lowest BCUT2D eigenvalue weighted by Crippen LogP contribution is -2.36. The van der Waals surface area contributed by atoms with Crippen molar-refractivity contribution in [3.63, 3.8) is 0 Å². The van der Waals surface area contributed by atoms with E-state index in [1.807, 2.05) is 12.1 Å². The Labute approximate surface area is 216 Å². The number of methoxy groups -OCH3 is 1. The summed E-state index contributed by atoms with van der Waals surface area (Å²) in [4.78, 5) is 37.4. The van der Waals surface area contributed by atoms with Gasteiger partial charge in [-0.15, -0.1) is 0 Å². The maximum atomic E-state index is 13.0. The van der Waals surface area contributed by atoms with E-state index in [-0.39, 0.29) is 12.2 Å². The third kappa shape index (κ3) is 6.02. The molecule has 0 aliphatic rings. The number of benzene rings is 3. The molecule has 9 nitrogen and oxygen atoms in total. The standard InChI is InChI=1S/C27H24ClN3O6/c1-37-20-9-8-16-12-18(7-6-17(16)13-20)22(14-24(33)34)29-27(36)30-25-23(32)10-11-31(26(25)35)15-19-4-2-3-5-21(19)28/h2-13,22,32H,14-15H2,1H3,(H,33,34)(H2,29,30,36)/t22-/m0/s1. The Morgan fingerprint density at radius 1 is 1.05 bits per heavy atom. The zero-order valence-electron chi connectivity index (χ0n) is 19.8. The van der Waals surface area contributed by atoms with Crippen LogP contribution in [0.25, 0.3) is 10.8 Å². The van der Waals surface area contributed by atoms with Crippen molar-refractivity contribution in [1.82, 2.24) is 9.88 Å². The van der Waals surface area contributed by atoms with Crippen molar-refractivity contribution < 1.29 is 24.5 Å². The first-order valence-corrected chi connectivity index (χ1v) is 11.7. The molecule has 10 heteroatoms. The highest BCUT2D eigenvalue weighted by Gasteiger charge is 2.21. The minimum atomic E-state index is -1.12. The van der Waals surface area contributed by atoms with Crippen molar-refractivity contribution in [2.24, 2.45) is 0 Å². The van der Waals surface area contributed by atoms with Gasteiger partial charge in [0.25, 0.3) is 5.56 Å². The normalized spacial score (nSPS) is 11.6. The Hall–Kier alpha value is -4.50. The SMILES string of the molecule is COc1ccc2cc([C@H](CC(=O)O)NC(=O)Nc3c(O)ccn(Cc4ccccc4Cl)c3=O)ccc2c1. The monoisotopic (exact) mass is 521 g/mol. The van der Waals surface area contributed by atoms with Gasteiger partial charge in [-0.3, -0.25) is 9.59 Å². The number of aliphatic carboxylic acids is 1. The lowest BCUT2D eigenvalue weighted by Gasteiger charge is -2.19. The van der Waals surface area contributed by atoms with Gasteiger partial charge in [-0.1, -0.05) is 48.0 Å². The molecule has 0 saturated carbocycles. The topological polar surface area (TPSA) is 130 Å². The van der Waals surface area contributed by atoms with Crippen LogP contribution in [-0.2, 0) is 11.3 Å². The van der Waals surface area contributed by atoms with Gasteiger partial charge >= 0.3 is 12.0 Å². The molecule has 0 aliphatic carbocycles. The summed E-state index contributed by atoms with van der Waals surface area (Å²) >= 11 is 6.19. The highest BCUT2D eigenvalue weighted by Crippen LogP contribution is 2.26. The molecule has 37 heavy (non-hydrogen) atoms. The number of hydrogen-bond donors (Lipinski definition) is 4. The zero-order chi connectivity index (χ0) is 26.5. The van der Waals surface area contributed by atoms with Gasteiger partial charge in [0.1, 0.15) is 11.5 Å². The fraction of sp³-hybridized carbons (Fsp3) is 0.148. The molecule has 190 valence electrons. The molecule has 2 amide bonds. The van der Waals surface area contributed by atoms with E-state index in [2.05, 4.69) is 10.6 Å². The van der Waals surface area contributed by atoms with Crippen LogP contribution in [0.15, 0.2) is 77.7 Å². The molecule has 0 fully saturated rings. The molecule has 3 aromatic carbocycles. The fourth-order valence-electron chi connectivity index (χ4n) is 3.94. The molecular formula is C27H24ClN3O6. The number of nitrogens with one attached hydrogen (secondary N) is 2. The van der Waals surface area contributed by atoms with Gasteiger partial charge in [0.15, 0.2) is 5.69 Å². The van der Waals surface area contributed by atoms with Crippen molar-refractivity contribution in [1.29, 1.82) is 0 Å². The molecule has 0 radical (unpaired) electrons. The van der Waals surface area contributed by atoms with Crippen molar-refractivity contribution in [3.8, 4) is 11.5 Å². The molecule has 1 atom stereocenters. The maximum Gasteiger partial charge on any atom is 0.319 e. The van der Waals surface area contributed by atoms with Crippen LogP contribution in [0.1, 0.15) is 23.6 Å². The molecule has 4 aromatic rings. The van der Waals surface area contributed by atoms with Crippen LogP contribution in [-0.4, -0.2) is 33.9 Å². The van der Waals surface area contributed by atoms with E-state index in [1.165, 1.54) is 16.8 Å². The Kier molecular flexibility index (Phi) is 7.64. The van der Waals surface area contributed by atoms with Crippen LogP contribution in [0.5, 0.6) is 11.5 Å². The number of anilines is 1. The second-order valence-electron chi connectivity index (χ2n) is 8.32. The first-order valence-electron chi connectivity index (χ1n) is 11.3. The average molecular weight is 522 g/mol. The Balaban J connectivity index is 1.57. The predicted octanol–water partition coefficient (Wildman–Crippen LogP) is 4.75. The number of aromatic nitrogens is 1. The number of pyridine rings is 1. The summed E-state index contributed by atoms with van der Waals surface area (Å²) in [5.74, 6) is -0.863. The zero-order valence-corrected chi connectivity index (χ0v) is 20.5. The van der Waals surface area contributed by atoms with Crippen molar-refractivity contribution in [2.45, 2.75) is 19.0 Å². The molecule has 0 spiro atoms. The van der Waals surface area contributed by atoms with Crippen molar-refractivity contribution in [2.75, 3.05) is 12.4 Å². The Morgan fingerprint density at radius 2 is 1.78 bits per heavy atom.